The van der Waals surface area contributed by atoms with E-state index in [9.17, 15) is 4.79 Å². The van der Waals surface area contributed by atoms with Gasteiger partial charge in [-0.15, -0.1) is 0 Å². The van der Waals surface area contributed by atoms with Crippen LogP contribution in [-0.4, -0.2) is 39.6 Å². The molecule has 1 aliphatic heterocycles. The highest BCUT2D eigenvalue weighted by molar-refractivity contribution is 7.80. The van der Waals surface area contributed by atoms with Gasteiger partial charge in [0.25, 0.3) is 0 Å². The first-order valence-electron chi connectivity index (χ1n) is 6.85. The number of carbonyl (C=O) groups is 1. The molecule has 104 valence electrons. The standard InChI is InChI=1S/C15H17N3OS/c19-15-7-11(10-20)9-18(15)6-5-12-8-16-13-3-1-2-4-14(13)17-12/h1-4,8,11,20H,5-7,9-10H2. The molecule has 1 amide bonds. The molecule has 1 aliphatic rings. The minimum absolute atomic E-state index is 0.234. The van der Waals surface area contributed by atoms with Gasteiger partial charge < -0.3 is 4.90 Å². The summed E-state index contributed by atoms with van der Waals surface area (Å²) in [5.41, 5.74) is 2.75. The highest BCUT2D eigenvalue weighted by Crippen LogP contribution is 2.19. The van der Waals surface area contributed by atoms with Gasteiger partial charge in [-0.2, -0.15) is 12.6 Å². The first kappa shape index (κ1) is 13.4. The quantitative estimate of drug-likeness (QED) is 0.874. The van der Waals surface area contributed by atoms with Gasteiger partial charge in [0.1, 0.15) is 0 Å². The van der Waals surface area contributed by atoms with Gasteiger partial charge in [0.05, 0.1) is 16.7 Å². The van der Waals surface area contributed by atoms with E-state index in [1.165, 1.54) is 0 Å². The first-order chi connectivity index (χ1) is 9.76. The van der Waals surface area contributed by atoms with Gasteiger partial charge in [0.2, 0.25) is 5.91 Å². The van der Waals surface area contributed by atoms with E-state index in [1.54, 1.807) is 6.20 Å². The largest absolute Gasteiger partial charge is 0.342 e. The summed E-state index contributed by atoms with van der Waals surface area (Å²) < 4.78 is 0. The van der Waals surface area contributed by atoms with E-state index < -0.39 is 0 Å². The summed E-state index contributed by atoms with van der Waals surface area (Å²) in [6, 6.07) is 7.83. The van der Waals surface area contributed by atoms with Crippen molar-refractivity contribution in [1.82, 2.24) is 14.9 Å². The number of hydrogen-bond acceptors (Lipinski definition) is 4. The number of nitrogens with zero attached hydrogens (tertiary/aromatic N) is 3. The smallest absolute Gasteiger partial charge is 0.222 e. The number of benzene rings is 1. The minimum Gasteiger partial charge on any atom is -0.342 e. The number of amides is 1. The summed E-state index contributed by atoms with van der Waals surface area (Å²) in [7, 11) is 0. The van der Waals surface area contributed by atoms with E-state index in [-0.39, 0.29) is 5.91 Å². The lowest BCUT2D eigenvalue weighted by Crippen LogP contribution is -2.28. The number of hydrogen-bond donors (Lipinski definition) is 1. The lowest BCUT2D eigenvalue weighted by atomic mass is 10.1. The predicted octanol–water partition coefficient (Wildman–Crippen LogP) is 1.95. The number of likely N-dealkylation sites (tertiary alicyclic amines) is 1. The van der Waals surface area contributed by atoms with Crippen molar-refractivity contribution in [2.24, 2.45) is 5.92 Å². The Labute approximate surface area is 123 Å². The van der Waals surface area contributed by atoms with Crippen LogP contribution in [0.1, 0.15) is 12.1 Å². The van der Waals surface area contributed by atoms with Crippen LogP contribution in [0.4, 0.5) is 0 Å². The molecular formula is C15H17N3OS. The molecule has 1 unspecified atom stereocenters. The second-order valence-corrected chi connectivity index (χ2v) is 5.56. The molecule has 20 heavy (non-hydrogen) atoms. The van der Waals surface area contributed by atoms with Gasteiger partial charge in [-0.3, -0.25) is 9.78 Å². The van der Waals surface area contributed by atoms with Crippen molar-refractivity contribution in [1.29, 1.82) is 0 Å². The SMILES string of the molecule is O=C1CC(CS)CN1CCc1cnc2ccccc2n1. The maximum Gasteiger partial charge on any atom is 0.222 e. The Kier molecular flexibility index (Phi) is 3.87. The number of fused-ring (bicyclic) bond motifs is 1. The van der Waals surface area contributed by atoms with Gasteiger partial charge >= 0.3 is 0 Å². The van der Waals surface area contributed by atoms with Gasteiger partial charge in [-0.05, 0) is 23.8 Å². The molecule has 2 aromatic rings. The van der Waals surface area contributed by atoms with Crippen molar-refractivity contribution in [2.75, 3.05) is 18.8 Å². The zero-order valence-electron chi connectivity index (χ0n) is 11.2. The summed E-state index contributed by atoms with van der Waals surface area (Å²) in [5.74, 6) is 1.41. The van der Waals surface area contributed by atoms with Gasteiger partial charge in [0, 0.05) is 32.1 Å². The molecule has 0 N–H and O–H groups in total. The molecule has 4 nitrogen and oxygen atoms in total. The first-order valence-corrected chi connectivity index (χ1v) is 7.49. The molecule has 0 aliphatic carbocycles. The van der Waals surface area contributed by atoms with Crippen molar-refractivity contribution >= 4 is 29.6 Å². The van der Waals surface area contributed by atoms with Crippen LogP contribution in [0.5, 0.6) is 0 Å². The third-order valence-corrected chi connectivity index (χ3v) is 4.21. The van der Waals surface area contributed by atoms with Crippen LogP contribution < -0.4 is 0 Å². The Balaban J connectivity index is 1.66. The third kappa shape index (κ3) is 2.77. The summed E-state index contributed by atoms with van der Waals surface area (Å²) in [5, 5.41) is 0. The highest BCUT2D eigenvalue weighted by Gasteiger charge is 2.28. The van der Waals surface area contributed by atoms with Crippen LogP contribution in [0.15, 0.2) is 30.5 Å². The Morgan fingerprint density at radius 3 is 2.85 bits per heavy atom. The molecule has 5 heteroatoms. The van der Waals surface area contributed by atoms with Gasteiger partial charge in [0.15, 0.2) is 0 Å². The molecule has 1 fully saturated rings. The van der Waals surface area contributed by atoms with E-state index >= 15 is 0 Å². The molecule has 0 spiro atoms. The van der Waals surface area contributed by atoms with Crippen LogP contribution in [-0.2, 0) is 11.2 Å². The van der Waals surface area contributed by atoms with E-state index in [1.807, 2.05) is 29.2 Å². The monoisotopic (exact) mass is 287 g/mol. The summed E-state index contributed by atoms with van der Waals surface area (Å²) in [6.07, 6.45) is 3.19. The lowest BCUT2D eigenvalue weighted by Gasteiger charge is -2.15. The number of carbonyl (C=O) groups excluding carboxylic acids is 1. The number of thiol groups is 1. The highest BCUT2D eigenvalue weighted by atomic mass is 32.1. The lowest BCUT2D eigenvalue weighted by molar-refractivity contribution is -0.127. The number of aromatic nitrogens is 2. The van der Waals surface area contributed by atoms with E-state index in [0.29, 0.717) is 12.3 Å². The molecule has 1 saturated heterocycles. The maximum absolute atomic E-state index is 11.8. The number of rotatable bonds is 4. The minimum atomic E-state index is 0.234. The van der Waals surface area contributed by atoms with Crippen molar-refractivity contribution in [2.45, 2.75) is 12.8 Å². The number of para-hydroxylation sites is 2. The predicted molar refractivity (Wildman–Crippen MR) is 81.8 cm³/mol. The van der Waals surface area contributed by atoms with E-state index in [4.69, 9.17) is 0 Å². The van der Waals surface area contributed by atoms with Crippen molar-refractivity contribution in [3.8, 4) is 0 Å². The normalized spacial score (nSPS) is 18.9. The Bertz CT molecular complexity index is 631. The second-order valence-electron chi connectivity index (χ2n) is 5.19. The summed E-state index contributed by atoms with van der Waals surface area (Å²) >= 11 is 4.27. The molecule has 3 rings (SSSR count). The van der Waals surface area contributed by atoms with Gasteiger partial charge in [-0.25, -0.2) is 4.98 Å². The topological polar surface area (TPSA) is 46.1 Å². The fraction of sp³-hybridized carbons (Fsp3) is 0.400. The molecule has 0 radical (unpaired) electrons. The average Bonchev–Trinajstić information content (AvgIpc) is 2.85. The summed E-state index contributed by atoms with van der Waals surface area (Å²) in [4.78, 5) is 22.7. The van der Waals surface area contributed by atoms with Crippen molar-refractivity contribution < 1.29 is 4.79 Å². The van der Waals surface area contributed by atoms with E-state index in [2.05, 4.69) is 22.6 Å². The van der Waals surface area contributed by atoms with E-state index in [0.717, 1.165) is 42.0 Å². The fourth-order valence-corrected chi connectivity index (χ4v) is 2.80. The zero-order chi connectivity index (χ0) is 13.9. The Morgan fingerprint density at radius 1 is 1.30 bits per heavy atom. The Hall–Kier alpha value is -1.62. The third-order valence-electron chi connectivity index (χ3n) is 3.69. The van der Waals surface area contributed by atoms with Gasteiger partial charge in [-0.1, -0.05) is 12.1 Å². The zero-order valence-corrected chi connectivity index (χ0v) is 12.1. The van der Waals surface area contributed by atoms with Crippen LogP contribution in [0, 0.1) is 5.92 Å². The summed E-state index contributed by atoms with van der Waals surface area (Å²) in [6.45, 7) is 1.54. The second kappa shape index (κ2) is 5.79. The van der Waals surface area contributed by atoms with Crippen LogP contribution >= 0.6 is 12.6 Å². The molecule has 1 aromatic carbocycles. The fourth-order valence-electron chi connectivity index (χ4n) is 2.56. The molecule has 2 heterocycles. The van der Waals surface area contributed by atoms with Crippen LogP contribution in [0.25, 0.3) is 11.0 Å². The van der Waals surface area contributed by atoms with Crippen molar-refractivity contribution in [3.63, 3.8) is 0 Å². The maximum atomic E-state index is 11.8. The van der Waals surface area contributed by atoms with Crippen LogP contribution in [0.3, 0.4) is 0 Å². The van der Waals surface area contributed by atoms with Crippen LogP contribution in [0.2, 0.25) is 0 Å². The Morgan fingerprint density at radius 2 is 2.10 bits per heavy atom. The molecule has 0 saturated carbocycles. The molecule has 1 atom stereocenters. The molecular weight excluding hydrogens is 270 g/mol. The molecule has 0 bridgehead atoms. The molecule has 1 aromatic heterocycles. The average molecular weight is 287 g/mol. The van der Waals surface area contributed by atoms with Crippen molar-refractivity contribution in [3.05, 3.63) is 36.2 Å².